The molecule has 0 aliphatic carbocycles. The van der Waals surface area contributed by atoms with Crippen LogP contribution in [0.2, 0.25) is 0 Å². The topological polar surface area (TPSA) is 81.2 Å². The normalized spacial score (nSPS) is 11.5. The van der Waals surface area contributed by atoms with E-state index in [1.165, 1.54) is 16.8 Å². The maximum atomic E-state index is 12.5. The van der Waals surface area contributed by atoms with Gasteiger partial charge in [0.2, 0.25) is 0 Å². The molecule has 0 spiro atoms. The highest BCUT2D eigenvalue weighted by Gasteiger charge is 2.25. The van der Waals surface area contributed by atoms with Crippen molar-refractivity contribution < 1.29 is 8.42 Å². The molecule has 2 rings (SSSR count). The van der Waals surface area contributed by atoms with E-state index in [1.807, 2.05) is 0 Å². The lowest BCUT2D eigenvalue weighted by atomic mass is 10.3. The first-order chi connectivity index (χ1) is 8.95. The molecule has 2 N–H and O–H groups in total. The molecule has 0 saturated heterocycles. The van der Waals surface area contributed by atoms with Crippen LogP contribution in [-0.2, 0) is 17.1 Å². The Kier molecular flexibility index (Phi) is 3.48. The van der Waals surface area contributed by atoms with Crippen LogP contribution in [0.4, 0.5) is 11.4 Å². The summed E-state index contributed by atoms with van der Waals surface area (Å²) in [6.07, 6.45) is 2.93. The summed E-state index contributed by atoms with van der Waals surface area (Å²) in [4.78, 5) is 3.91. The van der Waals surface area contributed by atoms with Gasteiger partial charge in [-0.1, -0.05) is 6.07 Å². The van der Waals surface area contributed by atoms with Crippen LogP contribution in [-0.4, -0.2) is 24.5 Å². The summed E-state index contributed by atoms with van der Waals surface area (Å²) in [5, 5.41) is 0.0271. The number of hydrogen-bond donors (Lipinski definition) is 1. The molecule has 0 bridgehead atoms. The van der Waals surface area contributed by atoms with Gasteiger partial charge >= 0.3 is 0 Å². The highest BCUT2D eigenvalue weighted by atomic mass is 32.2. The number of aryl methyl sites for hydroxylation is 1. The van der Waals surface area contributed by atoms with E-state index in [2.05, 4.69) is 4.98 Å². The lowest BCUT2D eigenvalue weighted by Gasteiger charge is -2.21. The van der Waals surface area contributed by atoms with Crippen LogP contribution < -0.4 is 10.0 Å². The number of aromatic nitrogens is 2. The minimum atomic E-state index is -3.65. The Morgan fingerprint density at radius 3 is 2.68 bits per heavy atom. The minimum absolute atomic E-state index is 0.0271. The second-order valence-corrected chi connectivity index (χ2v) is 5.95. The van der Waals surface area contributed by atoms with Crippen LogP contribution in [0.15, 0.2) is 41.8 Å². The summed E-state index contributed by atoms with van der Waals surface area (Å²) in [5.74, 6) is 0. The molecule has 1 heterocycles. The lowest BCUT2D eigenvalue weighted by Crippen LogP contribution is -2.31. The molecule has 0 unspecified atom stereocenters. The van der Waals surface area contributed by atoms with Crippen LogP contribution in [0.5, 0.6) is 0 Å². The van der Waals surface area contributed by atoms with Gasteiger partial charge in [-0.25, -0.2) is 4.98 Å². The largest absolute Gasteiger partial charge is 0.399 e. The Hall–Kier alpha value is -2.02. The molecule has 1 aromatic heterocycles. The number of rotatable bonds is 4. The maximum Gasteiger partial charge on any atom is 0.283 e. The minimum Gasteiger partial charge on any atom is -0.399 e. The fourth-order valence-corrected chi connectivity index (χ4v) is 3.24. The fourth-order valence-electron chi connectivity index (χ4n) is 1.81. The number of nitrogens with two attached hydrogens (primary N) is 1. The van der Waals surface area contributed by atoms with Gasteiger partial charge in [0.1, 0.15) is 0 Å². The molecule has 0 aliphatic heterocycles. The lowest BCUT2D eigenvalue weighted by molar-refractivity contribution is 0.588. The van der Waals surface area contributed by atoms with Crippen molar-refractivity contribution in [3.8, 4) is 0 Å². The van der Waals surface area contributed by atoms with Crippen molar-refractivity contribution in [2.75, 3.05) is 16.6 Å². The Balaban J connectivity index is 2.47. The average Bonchev–Trinajstić information content (AvgIpc) is 2.77. The molecule has 7 heteroatoms. The average molecular weight is 280 g/mol. The molecule has 6 nitrogen and oxygen atoms in total. The van der Waals surface area contributed by atoms with E-state index >= 15 is 0 Å². The molecule has 0 radical (unpaired) electrons. The first kappa shape index (κ1) is 13.4. The number of nitrogens with zero attached hydrogens (tertiary/aromatic N) is 3. The monoisotopic (exact) mass is 280 g/mol. The summed E-state index contributed by atoms with van der Waals surface area (Å²) in [7, 11) is -1.93. The van der Waals surface area contributed by atoms with Crippen molar-refractivity contribution in [3.05, 3.63) is 36.8 Å². The summed E-state index contributed by atoms with van der Waals surface area (Å²) in [6, 6.07) is 6.77. The highest BCUT2D eigenvalue weighted by Crippen LogP contribution is 2.23. The van der Waals surface area contributed by atoms with Crippen molar-refractivity contribution in [3.63, 3.8) is 0 Å². The van der Waals surface area contributed by atoms with Gasteiger partial charge in [-0.05, 0) is 25.1 Å². The molecule has 0 aliphatic rings. The maximum absolute atomic E-state index is 12.5. The fraction of sp³-hybridized carbons (Fsp3) is 0.250. The van der Waals surface area contributed by atoms with E-state index in [0.29, 0.717) is 17.9 Å². The molecule has 1 aromatic carbocycles. The second-order valence-electron chi connectivity index (χ2n) is 4.14. The first-order valence-corrected chi connectivity index (χ1v) is 7.25. The van der Waals surface area contributed by atoms with Crippen molar-refractivity contribution in [1.82, 2.24) is 9.55 Å². The van der Waals surface area contributed by atoms with Gasteiger partial charge in [0, 0.05) is 25.5 Å². The predicted octanol–water partition coefficient (Wildman–Crippen LogP) is 1.22. The molecule has 102 valence electrons. The van der Waals surface area contributed by atoms with E-state index in [-0.39, 0.29) is 5.03 Å². The SMILES string of the molecule is CCN(c1cccc(N)c1)S(=O)(=O)c1cn(C)cn1. The van der Waals surface area contributed by atoms with E-state index in [9.17, 15) is 8.42 Å². The summed E-state index contributed by atoms with van der Waals surface area (Å²) >= 11 is 0. The number of sulfonamides is 1. The zero-order chi connectivity index (χ0) is 14.0. The van der Waals surface area contributed by atoms with Crippen LogP contribution in [0.1, 0.15) is 6.92 Å². The van der Waals surface area contributed by atoms with Crippen molar-refractivity contribution in [2.45, 2.75) is 11.9 Å². The van der Waals surface area contributed by atoms with E-state index in [4.69, 9.17) is 5.73 Å². The van der Waals surface area contributed by atoms with Gasteiger partial charge in [-0.3, -0.25) is 4.31 Å². The third kappa shape index (κ3) is 2.55. The molecular weight excluding hydrogens is 264 g/mol. The smallest absolute Gasteiger partial charge is 0.283 e. The predicted molar refractivity (Wildman–Crippen MR) is 74.3 cm³/mol. The van der Waals surface area contributed by atoms with E-state index in [1.54, 1.807) is 42.8 Å². The molecular formula is C12H16N4O2S. The van der Waals surface area contributed by atoms with Gasteiger partial charge < -0.3 is 10.3 Å². The Morgan fingerprint density at radius 1 is 1.42 bits per heavy atom. The van der Waals surface area contributed by atoms with Crippen LogP contribution >= 0.6 is 0 Å². The zero-order valence-corrected chi connectivity index (χ0v) is 11.6. The van der Waals surface area contributed by atoms with Crippen molar-refractivity contribution >= 4 is 21.4 Å². The van der Waals surface area contributed by atoms with Crippen LogP contribution in [0, 0.1) is 0 Å². The summed E-state index contributed by atoms with van der Waals surface area (Å²) < 4.78 is 27.9. The molecule has 0 fully saturated rings. The van der Waals surface area contributed by atoms with Gasteiger partial charge in [0.25, 0.3) is 10.0 Å². The number of benzene rings is 1. The van der Waals surface area contributed by atoms with Crippen LogP contribution in [0.25, 0.3) is 0 Å². The molecule has 2 aromatic rings. The number of anilines is 2. The number of imidazole rings is 1. The third-order valence-corrected chi connectivity index (χ3v) is 4.47. The molecule has 0 atom stereocenters. The van der Waals surface area contributed by atoms with Gasteiger partial charge in [-0.15, -0.1) is 0 Å². The van der Waals surface area contributed by atoms with E-state index in [0.717, 1.165) is 0 Å². The Labute approximate surface area is 112 Å². The van der Waals surface area contributed by atoms with Crippen molar-refractivity contribution in [2.24, 2.45) is 7.05 Å². The Bertz CT molecular complexity index is 679. The number of nitrogen functional groups attached to an aromatic ring is 1. The zero-order valence-electron chi connectivity index (χ0n) is 10.8. The van der Waals surface area contributed by atoms with Gasteiger partial charge in [0.15, 0.2) is 5.03 Å². The van der Waals surface area contributed by atoms with E-state index < -0.39 is 10.0 Å². The summed E-state index contributed by atoms with van der Waals surface area (Å²) in [6.45, 7) is 2.08. The standard InChI is InChI=1S/C12H16N4O2S/c1-3-16(11-6-4-5-10(13)7-11)19(17,18)12-8-15(2)9-14-12/h4-9H,3,13H2,1-2H3. The second kappa shape index (κ2) is 4.93. The molecule has 19 heavy (non-hydrogen) atoms. The first-order valence-electron chi connectivity index (χ1n) is 5.81. The van der Waals surface area contributed by atoms with Crippen LogP contribution in [0.3, 0.4) is 0 Å². The Morgan fingerprint density at radius 2 is 2.16 bits per heavy atom. The molecule has 0 saturated carbocycles. The highest BCUT2D eigenvalue weighted by molar-refractivity contribution is 7.92. The number of hydrogen-bond acceptors (Lipinski definition) is 4. The van der Waals surface area contributed by atoms with Gasteiger partial charge in [-0.2, -0.15) is 8.42 Å². The van der Waals surface area contributed by atoms with Crippen molar-refractivity contribution in [1.29, 1.82) is 0 Å². The summed E-state index contributed by atoms with van der Waals surface area (Å²) in [5.41, 5.74) is 6.75. The third-order valence-electron chi connectivity index (χ3n) is 2.68. The molecule has 0 amide bonds. The quantitative estimate of drug-likeness (QED) is 0.854. The van der Waals surface area contributed by atoms with Gasteiger partial charge in [0.05, 0.1) is 12.0 Å².